The fourth-order valence-corrected chi connectivity index (χ4v) is 11.3. The maximum atomic E-state index is 2.55. The molecule has 19 heavy (non-hydrogen) atoms. The van der Waals surface area contributed by atoms with Gasteiger partial charge in [0.25, 0.3) is 0 Å². The van der Waals surface area contributed by atoms with Gasteiger partial charge in [-0.1, -0.05) is 0 Å². The molecule has 0 aromatic heterocycles. The normalized spacial score (nSPS) is 20.1. The Balaban J connectivity index is 2.10. The minimum absolute atomic E-state index is 0.717. The minimum atomic E-state index is -1.71. The van der Waals surface area contributed by atoms with Gasteiger partial charge in [0, 0.05) is 0 Å². The number of hydrogen-bond acceptors (Lipinski definition) is 0. The van der Waals surface area contributed by atoms with Gasteiger partial charge in [0.15, 0.2) is 0 Å². The van der Waals surface area contributed by atoms with E-state index in [9.17, 15) is 0 Å². The second-order valence-electron chi connectivity index (χ2n) is 5.65. The summed E-state index contributed by atoms with van der Waals surface area (Å²) in [6, 6.07) is 9.00. The Morgan fingerprint density at radius 1 is 1.21 bits per heavy atom. The van der Waals surface area contributed by atoms with Crippen molar-refractivity contribution in [2.75, 3.05) is 0 Å². The van der Waals surface area contributed by atoms with Gasteiger partial charge in [0.05, 0.1) is 0 Å². The van der Waals surface area contributed by atoms with E-state index in [1.54, 1.807) is 12.1 Å². The first kappa shape index (κ1) is 13.2. The van der Waals surface area contributed by atoms with Gasteiger partial charge in [0.2, 0.25) is 0 Å². The number of hydrogen-bond donors (Lipinski definition) is 0. The predicted octanol–water partition coefficient (Wildman–Crippen LogP) is 4.82. The summed E-state index contributed by atoms with van der Waals surface area (Å²) in [7, 11) is 0. The Bertz CT molecular complexity index is 637. The van der Waals surface area contributed by atoms with Gasteiger partial charge >= 0.3 is 124 Å². The van der Waals surface area contributed by atoms with Crippen LogP contribution in [0.2, 0.25) is 0 Å². The van der Waals surface area contributed by atoms with Crippen LogP contribution in [0.25, 0.3) is 5.57 Å². The Labute approximate surface area is 123 Å². The first-order chi connectivity index (χ1) is 9.18. The quantitative estimate of drug-likeness (QED) is 0.730. The zero-order chi connectivity index (χ0) is 13.4. The molecule has 2 aliphatic rings. The van der Waals surface area contributed by atoms with Crippen molar-refractivity contribution in [2.45, 2.75) is 30.8 Å². The van der Waals surface area contributed by atoms with E-state index < -0.39 is 21.3 Å². The van der Waals surface area contributed by atoms with Crippen molar-refractivity contribution in [1.82, 2.24) is 0 Å². The van der Waals surface area contributed by atoms with Crippen molar-refractivity contribution < 1.29 is 21.3 Å². The molecule has 1 aromatic rings. The van der Waals surface area contributed by atoms with Crippen LogP contribution in [0.4, 0.5) is 0 Å². The molecule has 0 N–H and O–H groups in total. The first-order valence-electron chi connectivity index (χ1n) is 6.99. The van der Waals surface area contributed by atoms with E-state index >= 15 is 0 Å². The number of fused-ring (bicyclic) bond motifs is 1. The fraction of sp³-hybridized carbons (Fsp3) is 0.278. The molecule has 0 fully saturated rings. The van der Waals surface area contributed by atoms with E-state index in [0.717, 1.165) is 3.63 Å². The summed E-state index contributed by atoms with van der Waals surface area (Å²) in [6.45, 7) is 6.99. The van der Waals surface area contributed by atoms with Gasteiger partial charge in [0.1, 0.15) is 0 Å². The third-order valence-electron chi connectivity index (χ3n) is 4.10. The second-order valence-corrected chi connectivity index (χ2v) is 13.3. The third-order valence-corrected chi connectivity index (χ3v) is 12.1. The molecule has 1 unspecified atom stereocenters. The fourth-order valence-electron chi connectivity index (χ4n) is 3.27. The molecule has 96 valence electrons. The molecule has 0 saturated heterocycles. The zero-order valence-corrected chi connectivity index (χ0v) is 14.4. The van der Waals surface area contributed by atoms with Crippen LogP contribution in [0, 0.1) is 0 Å². The van der Waals surface area contributed by atoms with Crippen molar-refractivity contribution in [3.8, 4) is 0 Å². The van der Waals surface area contributed by atoms with Crippen molar-refractivity contribution in [3.63, 3.8) is 0 Å². The molecule has 0 radical (unpaired) electrons. The summed E-state index contributed by atoms with van der Waals surface area (Å²) < 4.78 is 4.19. The van der Waals surface area contributed by atoms with E-state index in [-0.39, 0.29) is 0 Å². The van der Waals surface area contributed by atoms with Gasteiger partial charge in [-0.15, -0.1) is 0 Å². The van der Waals surface area contributed by atoms with Crippen molar-refractivity contribution in [3.05, 3.63) is 63.0 Å². The Kier molecular flexibility index (Phi) is 3.67. The molecule has 3 rings (SSSR count). The Hall–Kier alpha value is -0.807. The molecule has 1 heteroatoms. The predicted molar refractivity (Wildman–Crippen MR) is 81.0 cm³/mol. The molecule has 0 amide bonds. The molecule has 0 spiro atoms. The zero-order valence-electron chi connectivity index (χ0n) is 11.9. The molecule has 0 aliphatic heterocycles. The molecule has 0 heterocycles. The van der Waals surface area contributed by atoms with Crippen molar-refractivity contribution in [1.29, 1.82) is 0 Å². The van der Waals surface area contributed by atoms with Crippen molar-refractivity contribution >= 4 is 8.78 Å². The average molecular weight is 328 g/mol. The average Bonchev–Trinajstić information content (AvgIpc) is 3.00. The monoisotopic (exact) mass is 326 g/mol. The summed E-state index contributed by atoms with van der Waals surface area (Å²) in [5.74, 6) is 0. The van der Waals surface area contributed by atoms with Gasteiger partial charge in [-0.2, -0.15) is 0 Å². The molecular formula is C18H20Zr. The molecule has 0 nitrogen and oxygen atoms in total. The Morgan fingerprint density at radius 3 is 2.68 bits per heavy atom. The van der Waals surface area contributed by atoms with Gasteiger partial charge < -0.3 is 0 Å². The third kappa shape index (κ3) is 2.34. The molecule has 2 aliphatic carbocycles. The first-order valence-corrected chi connectivity index (χ1v) is 10.9. The van der Waals surface area contributed by atoms with Crippen LogP contribution in [0.5, 0.6) is 0 Å². The number of allylic oxidation sites excluding steroid dienone is 6. The van der Waals surface area contributed by atoms with E-state index in [1.807, 2.05) is 0 Å². The van der Waals surface area contributed by atoms with Gasteiger partial charge in [-0.3, -0.25) is 0 Å². The maximum absolute atomic E-state index is 2.55. The number of benzene rings is 1. The topological polar surface area (TPSA) is 0 Å². The van der Waals surface area contributed by atoms with Gasteiger partial charge in [-0.25, -0.2) is 0 Å². The van der Waals surface area contributed by atoms with E-state index in [0.29, 0.717) is 0 Å². The number of rotatable bonds is 2. The molecule has 0 saturated carbocycles. The molecule has 1 aromatic carbocycles. The van der Waals surface area contributed by atoms with E-state index in [2.05, 4.69) is 69.3 Å². The van der Waals surface area contributed by atoms with Crippen LogP contribution >= 0.6 is 0 Å². The van der Waals surface area contributed by atoms with E-state index in [1.165, 1.54) is 17.6 Å². The van der Waals surface area contributed by atoms with Crippen LogP contribution < -0.4 is 0 Å². The summed E-state index contributed by atoms with van der Waals surface area (Å²) in [6.07, 6.45) is 10.7. The van der Waals surface area contributed by atoms with Crippen LogP contribution in [0.1, 0.15) is 41.9 Å². The second kappa shape index (κ2) is 5.29. The van der Waals surface area contributed by atoms with Crippen LogP contribution in [-0.2, 0) is 21.3 Å². The van der Waals surface area contributed by atoms with Crippen LogP contribution in [-0.4, -0.2) is 3.21 Å². The molecule has 0 bridgehead atoms. The molecular weight excluding hydrogens is 307 g/mol. The summed E-state index contributed by atoms with van der Waals surface area (Å²) in [5.41, 5.74) is 4.55. The summed E-state index contributed by atoms with van der Waals surface area (Å²) in [5, 5.41) is 0. The van der Waals surface area contributed by atoms with Crippen LogP contribution in [0.15, 0.2) is 51.9 Å². The Morgan fingerprint density at radius 2 is 2.00 bits per heavy atom. The SMILES string of the molecule is CC1=C[CH]([Zr]([C]2=CC=CC2)=[C](C)C)c2ccccc21. The molecule has 1 atom stereocenters. The van der Waals surface area contributed by atoms with Crippen molar-refractivity contribution in [2.24, 2.45) is 0 Å². The summed E-state index contributed by atoms with van der Waals surface area (Å²) in [4.78, 5) is 0. The van der Waals surface area contributed by atoms with Crippen LogP contribution in [0.3, 0.4) is 0 Å². The standard InChI is InChI=1S/C10H9.C5H5.C3H6.Zr/c1-8-6-7-9-4-2-3-5-10(8)9;1-2-4-5-3-1;1-3-2;/h2-7H,1H3;1-3H,4H2;1-2H3;. The van der Waals surface area contributed by atoms with Gasteiger partial charge in [-0.05, 0) is 0 Å². The van der Waals surface area contributed by atoms with E-state index in [4.69, 9.17) is 0 Å². The summed E-state index contributed by atoms with van der Waals surface area (Å²) >= 11 is -1.71.